The van der Waals surface area contributed by atoms with Crippen LogP contribution in [-0.4, -0.2) is 5.11 Å². The lowest BCUT2D eigenvalue weighted by molar-refractivity contribution is 0.480. The lowest BCUT2D eigenvalue weighted by Gasteiger charge is -2.06. The van der Waals surface area contributed by atoms with E-state index in [1.165, 1.54) is 18.4 Å². The topological polar surface area (TPSA) is 33.4 Å². The molecule has 0 aliphatic rings. The van der Waals surface area contributed by atoms with Gasteiger partial charge in [0.15, 0.2) is 0 Å². The number of aromatic hydroxyl groups is 1. The number of phenolic OH excluding ortho intramolecular Hbond substituents is 1. The van der Waals surface area contributed by atoms with Crippen molar-refractivity contribution in [3.05, 3.63) is 47.0 Å². The van der Waals surface area contributed by atoms with Crippen LogP contribution in [0.4, 0.5) is 0 Å². The molecular weight excluding hydrogens is 296 g/mol. The molecule has 126 valence electrons. The van der Waals surface area contributed by atoms with Crippen molar-refractivity contribution in [3.63, 3.8) is 0 Å². The number of allylic oxidation sites excluding steroid dienone is 2. The number of phenols is 1. The van der Waals surface area contributed by atoms with Gasteiger partial charge in [-0.1, -0.05) is 38.0 Å². The van der Waals surface area contributed by atoms with Crippen molar-refractivity contribution in [2.45, 2.75) is 53.4 Å². The van der Waals surface area contributed by atoms with Gasteiger partial charge in [-0.2, -0.15) is 0 Å². The Morgan fingerprint density at radius 2 is 1.96 bits per heavy atom. The third kappa shape index (κ3) is 2.82. The highest BCUT2D eigenvalue weighted by atomic mass is 16.3. The molecule has 24 heavy (non-hydrogen) atoms. The second kappa shape index (κ2) is 6.72. The molecule has 2 aromatic carbocycles. The third-order valence-corrected chi connectivity index (χ3v) is 4.88. The lowest BCUT2D eigenvalue weighted by atomic mass is 9.97. The van der Waals surface area contributed by atoms with Gasteiger partial charge in [-0.15, -0.1) is 0 Å². The molecule has 0 aliphatic heterocycles. The van der Waals surface area contributed by atoms with Gasteiger partial charge in [-0.25, -0.2) is 0 Å². The molecule has 0 aliphatic carbocycles. The maximum absolute atomic E-state index is 10.7. The fourth-order valence-electron chi connectivity index (χ4n) is 3.37. The van der Waals surface area contributed by atoms with Crippen LogP contribution in [0.1, 0.15) is 56.7 Å². The molecule has 0 amide bonds. The van der Waals surface area contributed by atoms with E-state index < -0.39 is 0 Å². The van der Waals surface area contributed by atoms with Gasteiger partial charge in [0.2, 0.25) is 0 Å². The SMILES string of the molecule is C/C=C(\C)c1ccc(C)c2oc3cc(CCCCC)cc(O)c3c12. The Labute approximate surface area is 143 Å². The van der Waals surface area contributed by atoms with Crippen molar-refractivity contribution in [2.24, 2.45) is 0 Å². The highest BCUT2D eigenvalue weighted by molar-refractivity contribution is 6.13. The number of hydrogen-bond donors (Lipinski definition) is 1. The zero-order valence-electron chi connectivity index (χ0n) is 15.1. The van der Waals surface area contributed by atoms with E-state index in [1.54, 1.807) is 0 Å². The van der Waals surface area contributed by atoms with Crippen LogP contribution in [0.2, 0.25) is 0 Å². The molecule has 1 aromatic heterocycles. The maximum Gasteiger partial charge on any atom is 0.139 e. The van der Waals surface area contributed by atoms with Crippen LogP contribution in [0, 0.1) is 6.92 Å². The fraction of sp³-hybridized carbons (Fsp3) is 0.364. The van der Waals surface area contributed by atoms with E-state index in [2.05, 4.69) is 45.0 Å². The molecule has 0 fully saturated rings. The van der Waals surface area contributed by atoms with Crippen molar-refractivity contribution in [1.29, 1.82) is 0 Å². The van der Waals surface area contributed by atoms with E-state index in [9.17, 15) is 5.11 Å². The zero-order valence-corrected chi connectivity index (χ0v) is 15.1. The predicted molar refractivity (Wildman–Crippen MR) is 103 cm³/mol. The van der Waals surface area contributed by atoms with Crippen molar-refractivity contribution in [2.75, 3.05) is 0 Å². The van der Waals surface area contributed by atoms with Crippen molar-refractivity contribution >= 4 is 27.5 Å². The normalized spacial score (nSPS) is 12.4. The molecule has 0 saturated heterocycles. The first-order valence-electron chi connectivity index (χ1n) is 8.87. The van der Waals surface area contributed by atoms with Gasteiger partial charge in [0, 0.05) is 5.39 Å². The summed E-state index contributed by atoms with van der Waals surface area (Å²) in [5.74, 6) is 0.327. The summed E-state index contributed by atoms with van der Waals surface area (Å²) in [6.07, 6.45) is 6.63. The van der Waals surface area contributed by atoms with Crippen LogP contribution >= 0.6 is 0 Å². The summed E-state index contributed by atoms with van der Waals surface area (Å²) in [6, 6.07) is 8.21. The predicted octanol–water partition coefficient (Wildman–Crippen LogP) is 6.76. The van der Waals surface area contributed by atoms with Crippen LogP contribution in [-0.2, 0) is 6.42 Å². The number of fused-ring (bicyclic) bond motifs is 3. The summed E-state index contributed by atoms with van der Waals surface area (Å²) in [5.41, 5.74) is 6.23. The van der Waals surface area contributed by atoms with Crippen molar-refractivity contribution < 1.29 is 9.52 Å². The van der Waals surface area contributed by atoms with E-state index in [4.69, 9.17) is 4.42 Å². The standard InChI is InChI=1S/C22H26O2/c1-5-7-8-9-16-12-18(23)21-19(13-16)24-22-15(4)10-11-17(20(21)22)14(3)6-2/h6,10-13,23H,5,7-9H2,1-4H3/b14-6+. The minimum absolute atomic E-state index is 0.327. The highest BCUT2D eigenvalue weighted by Crippen LogP contribution is 2.41. The smallest absolute Gasteiger partial charge is 0.139 e. The first-order valence-corrected chi connectivity index (χ1v) is 8.87. The summed E-state index contributed by atoms with van der Waals surface area (Å²) in [7, 11) is 0. The molecule has 0 saturated carbocycles. The molecule has 1 N–H and O–H groups in total. The molecule has 1 heterocycles. The summed E-state index contributed by atoms with van der Waals surface area (Å²) < 4.78 is 6.16. The molecule has 3 rings (SSSR count). The van der Waals surface area contributed by atoms with Crippen LogP contribution in [0.25, 0.3) is 27.5 Å². The van der Waals surface area contributed by atoms with Gasteiger partial charge < -0.3 is 9.52 Å². The van der Waals surface area contributed by atoms with Crippen molar-refractivity contribution in [3.8, 4) is 5.75 Å². The Bertz CT molecular complexity index is 913. The van der Waals surface area contributed by atoms with Gasteiger partial charge in [0.25, 0.3) is 0 Å². The van der Waals surface area contributed by atoms with E-state index in [0.717, 1.165) is 51.5 Å². The number of rotatable bonds is 5. The average Bonchev–Trinajstić information content (AvgIpc) is 2.95. The molecule has 0 bridgehead atoms. The van der Waals surface area contributed by atoms with Crippen molar-refractivity contribution in [1.82, 2.24) is 0 Å². The summed E-state index contributed by atoms with van der Waals surface area (Å²) in [6.45, 7) is 8.39. The molecular formula is C22H26O2. The largest absolute Gasteiger partial charge is 0.507 e. The van der Waals surface area contributed by atoms with Crippen LogP contribution < -0.4 is 0 Å². The monoisotopic (exact) mass is 322 g/mol. The minimum atomic E-state index is 0.327. The molecule has 3 aromatic rings. The van der Waals surface area contributed by atoms with Crippen LogP contribution in [0.3, 0.4) is 0 Å². The third-order valence-electron chi connectivity index (χ3n) is 4.88. The lowest BCUT2D eigenvalue weighted by Crippen LogP contribution is -1.86. The Kier molecular flexibility index (Phi) is 4.66. The first-order chi connectivity index (χ1) is 11.6. The number of unbranched alkanes of at least 4 members (excludes halogenated alkanes) is 2. The maximum atomic E-state index is 10.7. The van der Waals surface area contributed by atoms with Gasteiger partial charge in [-0.3, -0.25) is 0 Å². The van der Waals surface area contributed by atoms with Gasteiger partial charge in [0.05, 0.1) is 5.39 Å². The van der Waals surface area contributed by atoms with E-state index in [1.807, 2.05) is 13.0 Å². The number of furan rings is 1. The summed E-state index contributed by atoms with van der Waals surface area (Å²) in [4.78, 5) is 0. The Morgan fingerprint density at radius 1 is 1.17 bits per heavy atom. The minimum Gasteiger partial charge on any atom is -0.507 e. The average molecular weight is 322 g/mol. The van der Waals surface area contributed by atoms with E-state index in [0.29, 0.717) is 5.75 Å². The van der Waals surface area contributed by atoms with Gasteiger partial charge in [-0.05, 0) is 68.0 Å². The summed E-state index contributed by atoms with van der Waals surface area (Å²) in [5, 5.41) is 12.5. The second-order valence-corrected chi connectivity index (χ2v) is 6.65. The fourth-order valence-corrected chi connectivity index (χ4v) is 3.37. The molecule has 2 heteroatoms. The Balaban J connectivity index is 2.25. The Hall–Kier alpha value is -2.22. The first kappa shape index (κ1) is 16.6. The molecule has 0 radical (unpaired) electrons. The molecule has 0 unspecified atom stereocenters. The number of aryl methyl sites for hydroxylation is 2. The quantitative estimate of drug-likeness (QED) is 0.527. The van der Waals surface area contributed by atoms with Crippen LogP contribution in [0.15, 0.2) is 34.8 Å². The Morgan fingerprint density at radius 3 is 2.67 bits per heavy atom. The summed E-state index contributed by atoms with van der Waals surface area (Å²) >= 11 is 0. The number of benzene rings is 2. The van der Waals surface area contributed by atoms with E-state index in [-0.39, 0.29) is 0 Å². The van der Waals surface area contributed by atoms with Crippen LogP contribution in [0.5, 0.6) is 5.75 Å². The van der Waals surface area contributed by atoms with Gasteiger partial charge in [0.1, 0.15) is 16.9 Å². The van der Waals surface area contributed by atoms with Gasteiger partial charge >= 0.3 is 0 Å². The molecule has 2 nitrogen and oxygen atoms in total. The van der Waals surface area contributed by atoms with E-state index >= 15 is 0 Å². The second-order valence-electron chi connectivity index (χ2n) is 6.65. The highest BCUT2D eigenvalue weighted by Gasteiger charge is 2.17. The zero-order chi connectivity index (χ0) is 17.3. The molecule has 0 atom stereocenters. The molecule has 0 spiro atoms. The number of hydrogen-bond acceptors (Lipinski definition) is 2.